The monoisotopic (exact) mass is 305 g/mol. The fraction of sp³-hybridized carbons (Fsp3) is 0.444. The standard InChI is InChI=1S/C9H8ClN3O3S2/c10-18(15,16)5-6-1-8(14)13(4-6)9-12-3-7(2-11)17-9/h3,6H,1,4-5H2. The third-order valence-electron chi connectivity index (χ3n) is 2.47. The summed E-state index contributed by atoms with van der Waals surface area (Å²) >= 11 is 1.10. The fourth-order valence-corrected chi connectivity index (χ4v) is 3.86. The van der Waals surface area contributed by atoms with Crippen LogP contribution >= 0.6 is 22.0 Å². The molecule has 1 atom stereocenters. The zero-order valence-electron chi connectivity index (χ0n) is 9.04. The summed E-state index contributed by atoms with van der Waals surface area (Å²) in [6.07, 6.45) is 1.52. The van der Waals surface area contributed by atoms with Crippen LogP contribution in [-0.2, 0) is 13.8 Å². The van der Waals surface area contributed by atoms with E-state index in [1.807, 2.05) is 6.07 Å². The van der Waals surface area contributed by atoms with Crippen molar-refractivity contribution in [1.29, 1.82) is 5.26 Å². The Hall–Kier alpha value is -1.17. The van der Waals surface area contributed by atoms with Crippen molar-refractivity contribution in [2.75, 3.05) is 17.2 Å². The molecule has 0 aromatic carbocycles. The lowest BCUT2D eigenvalue weighted by atomic mass is 10.1. The molecule has 0 N–H and O–H groups in total. The highest BCUT2D eigenvalue weighted by Gasteiger charge is 2.34. The van der Waals surface area contributed by atoms with E-state index in [2.05, 4.69) is 4.98 Å². The highest BCUT2D eigenvalue weighted by molar-refractivity contribution is 8.13. The summed E-state index contributed by atoms with van der Waals surface area (Å²) in [6, 6.07) is 1.94. The van der Waals surface area contributed by atoms with Gasteiger partial charge in [0.25, 0.3) is 0 Å². The van der Waals surface area contributed by atoms with E-state index in [1.54, 1.807) is 0 Å². The van der Waals surface area contributed by atoms with E-state index in [9.17, 15) is 13.2 Å². The highest BCUT2D eigenvalue weighted by atomic mass is 35.7. The van der Waals surface area contributed by atoms with Crippen molar-refractivity contribution in [3.8, 4) is 6.07 Å². The molecule has 18 heavy (non-hydrogen) atoms. The molecular weight excluding hydrogens is 298 g/mol. The first-order valence-corrected chi connectivity index (χ1v) is 8.27. The first kappa shape index (κ1) is 13.3. The van der Waals surface area contributed by atoms with Crippen molar-refractivity contribution >= 4 is 42.1 Å². The Kier molecular flexibility index (Phi) is 3.56. The predicted octanol–water partition coefficient (Wildman–Crippen LogP) is 0.936. The Morgan fingerprint density at radius 3 is 2.94 bits per heavy atom. The summed E-state index contributed by atoms with van der Waals surface area (Å²) in [6.45, 7) is 0.267. The Labute approximate surface area is 112 Å². The van der Waals surface area contributed by atoms with Crippen LogP contribution in [0.15, 0.2) is 6.20 Å². The van der Waals surface area contributed by atoms with Crippen LogP contribution < -0.4 is 4.90 Å². The van der Waals surface area contributed by atoms with Gasteiger partial charge < -0.3 is 0 Å². The number of halogens is 1. The Bertz CT molecular complexity index is 619. The maximum Gasteiger partial charge on any atom is 0.232 e. The van der Waals surface area contributed by atoms with E-state index in [4.69, 9.17) is 15.9 Å². The number of nitrogens with zero attached hydrogens (tertiary/aromatic N) is 3. The van der Waals surface area contributed by atoms with Gasteiger partial charge in [-0.25, -0.2) is 13.4 Å². The maximum atomic E-state index is 11.7. The fourth-order valence-electron chi connectivity index (χ4n) is 1.80. The number of carbonyl (C=O) groups excluding carboxylic acids is 1. The molecular formula is C9H8ClN3O3S2. The van der Waals surface area contributed by atoms with Crippen molar-refractivity contribution < 1.29 is 13.2 Å². The van der Waals surface area contributed by atoms with E-state index in [1.165, 1.54) is 11.1 Å². The second kappa shape index (κ2) is 4.84. The molecule has 1 saturated heterocycles. The molecule has 0 saturated carbocycles. The van der Waals surface area contributed by atoms with Crippen LogP contribution in [0.5, 0.6) is 0 Å². The molecule has 2 heterocycles. The van der Waals surface area contributed by atoms with Crippen molar-refractivity contribution in [2.45, 2.75) is 6.42 Å². The highest BCUT2D eigenvalue weighted by Crippen LogP contribution is 2.29. The summed E-state index contributed by atoms with van der Waals surface area (Å²) in [4.78, 5) is 17.5. The van der Waals surface area contributed by atoms with Crippen molar-refractivity contribution in [2.24, 2.45) is 5.92 Å². The average molecular weight is 306 g/mol. The average Bonchev–Trinajstić information content (AvgIpc) is 2.82. The molecule has 0 spiro atoms. The zero-order valence-corrected chi connectivity index (χ0v) is 11.4. The van der Waals surface area contributed by atoms with Gasteiger partial charge >= 0.3 is 0 Å². The van der Waals surface area contributed by atoms with Gasteiger partial charge in [0, 0.05) is 29.6 Å². The minimum Gasteiger partial charge on any atom is -0.288 e. The van der Waals surface area contributed by atoms with Gasteiger partial charge in [-0.2, -0.15) is 5.26 Å². The lowest BCUT2D eigenvalue weighted by molar-refractivity contribution is -0.117. The van der Waals surface area contributed by atoms with E-state index in [0.29, 0.717) is 10.0 Å². The molecule has 9 heteroatoms. The van der Waals surface area contributed by atoms with Crippen LogP contribution in [0.25, 0.3) is 0 Å². The number of nitriles is 1. The molecule has 0 bridgehead atoms. The molecule has 1 aromatic rings. The number of carbonyl (C=O) groups is 1. The summed E-state index contributed by atoms with van der Waals surface area (Å²) < 4.78 is 21.9. The minimum absolute atomic E-state index is 0.132. The number of amides is 1. The molecule has 1 amide bonds. The van der Waals surface area contributed by atoms with Gasteiger partial charge in [0.15, 0.2) is 5.13 Å². The number of thiazole rings is 1. The quantitative estimate of drug-likeness (QED) is 0.775. The van der Waals surface area contributed by atoms with E-state index >= 15 is 0 Å². The summed E-state index contributed by atoms with van der Waals surface area (Å²) in [5.41, 5.74) is 0. The Morgan fingerprint density at radius 1 is 1.67 bits per heavy atom. The van der Waals surface area contributed by atoms with Crippen LogP contribution in [0.2, 0.25) is 0 Å². The van der Waals surface area contributed by atoms with Crippen LogP contribution in [0.4, 0.5) is 5.13 Å². The first-order valence-electron chi connectivity index (χ1n) is 4.97. The van der Waals surface area contributed by atoms with Crippen molar-refractivity contribution in [3.05, 3.63) is 11.1 Å². The van der Waals surface area contributed by atoms with E-state index in [0.717, 1.165) is 11.3 Å². The smallest absolute Gasteiger partial charge is 0.232 e. The minimum atomic E-state index is -3.61. The lowest BCUT2D eigenvalue weighted by Crippen LogP contribution is -2.25. The lowest BCUT2D eigenvalue weighted by Gasteiger charge is -2.11. The van der Waals surface area contributed by atoms with Gasteiger partial charge in [0.05, 0.1) is 11.9 Å². The topological polar surface area (TPSA) is 91.1 Å². The Morgan fingerprint density at radius 2 is 2.39 bits per heavy atom. The van der Waals surface area contributed by atoms with Crippen LogP contribution in [0.3, 0.4) is 0 Å². The van der Waals surface area contributed by atoms with E-state index in [-0.39, 0.29) is 30.5 Å². The second-order valence-corrected chi connectivity index (χ2v) is 7.73. The summed E-state index contributed by atoms with van der Waals surface area (Å²) in [5, 5.41) is 9.11. The largest absolute Gasteiger partial charge is 0.288 e. The van der Waals surface area contributed by atoms with Gasteiger partial charge in [-0.1, -0.05) is 11.3 Å². The molecule has 0 radical (unpaired) electrons. The molecule has 96 valence electrons. The van der Waals surface area contributed by atoms with Crippen LogP contribution in [0.1, 0.15) is 11.3 Å². The third kappa shape index (κ3) is 2.98. The molecule has 6 nitrogen and oxygen atoms in total. The van der Waals surface area contributed by atoms with Gasteiger partial charge in [0.1, 0.15) is 10.9 Å². The molecule has 1 aliphatic heterocycles. The van der Waals surface area contributed by atoms with E-state index < -0.39 is 9.05 Å². The SMILES string of the molecule is N#Cc1cnc(N2CC(CS(=O)(=O)Cl)CC2=O)s1. The first-order chi connectivity index (χ1) is 8.39. The molecule has 1 fully saturated rings. The van der Waals surface area contributed by atoms with Crippen molar-refractivity contribution in [1.82, 2.24) is 4.98 Å². The molecule has 1 unspecified atom stereocenters. The third-order valence-corrected chi connectivity index (χ3v) is 4.65. The molecule has 0 aliphatic carbocycles. The number of hydrogen-bond donors (Lipinski definition) is 0. The summed E-state index contributed by atoms with van der Waals surface area (Å²) in [5.74, 6) is -0.749. The van der Waals surface area contributed by atoms with Gasteiger partial charge in [-0.15, -0.1) is 0 Å². The van der Waals surface area contributed by atoms with Crippen LogP contribution in [-0.4, -0.2) is 31.6 Å². The van der Waals surface area contributed by atoms with Gasteiger partial charge in [-0.05, 0) is 0 Å². The van der Waals surface area contributed by atoms with Crippen LogP contribution in [0, 0.1) is 17.2 Å². The number of rotatable bonds is 3. The van der Waals surface area contributed by atoms with Gasteiger partial charge in [0.2, 0.25) is 15.0 Å². The van der Waals surface area contributed by atoms with Gasteiger partial charge in [-0.3, -0.25) is 9.69 Å². The molecule has 1 aliphatic rings. The van der Waals surface area contributed by atoms with Crippen molar-refractivity contribution in [3.63, 3.8) is 0 Å². The molecule has 1 aromatic heterocycles. The summed E-state index contributed by atoms with van der Waals surface area (Å²) in [7, 11) is 1.56. The zero-order chi connectivity index (χ0) is 13.3. The Balaban J connectivity index is 2.12. The predicted molar refractivity (Wildman–Crippen MR) is 66.9 cm³/mol. The second-order valence-electron chi connectivity index (χ2n) is 3.90. The number of aromatic nitrogens is 1. The number of anilines is 1. The maximum absolute atomic E-state index is 11.7. The normalized spacial score (nSPS) is 20.1. The molecule has 2 rings (SSSR count). The number of hydrogen-bond acceptors (Lipinski definition) is 6.